The number of rotatable bonds is 7. The molecule has 11 heteroatoms. The zero-order chi connectivity index (χ0) is 20.3. The van der Waals surface area contributed by atoms with Crippen LogP contribution in [0.5, 0.6) is 5.75 Å². The number of hydrogen-bond donors (Lipinski definition) is 2. The van der Waals surface area contributed by atoms with Gasteiger partial charge >= 0.3 is 0 Å². The van der Waals surface area contributed by atoms with Gasteiger partial charge in [-0.1, -0.05) is 23.2 Å². The predicted molar refractivity (Wildman–Crippen MR) is 110 cm³/mol. The van der Waals surface area contributed by atoms with Gasteiger partial charge in [-0.15, -0.1) is 0 Å². The summed E-state index contributed by atoms with van der Waals surface area (Å²) in [6.45, 7) is 0.422. The van der Waals surface area contributed by atoms with Gasteiger partial charge in [0.1, 0.15) is 11.6 Å². The van der Waals surface area contributed by atoms with Crippen molar-refractivity contribution in [1.29, 1.82) is 0 Å². The molecule has 0 unspecified atom stereocenters. The molecule has 0 aliphatic rings. The molecular weight excluding hydrogens is 443 g/mol. The molecule has 7 nitrogen and oxygen atoms in total. The highest BCUT2D eigenvalue weighted by Crippen LogP contribution is 2.27. The number of aromatic nitrogens is 3. The van der Waals surface area contributed by atoms with Crippen LogP contribution in [0.2, 0.25) is 10.0 Å². The van der Waals surface area contributed by atoms with Crippen molar-refractivity contribution >= 4 is 45.4 Å². The first-order valence-electron chi connectivity index (χ1n) is 8.13. The maximum Gasteiger partial charge on any atom is 0.238 e. The number of nitrogens with one attached hydrogen (secondary N) is 1. The maximum atomic E-state index is 11.4. The number of ether oxygens (including phenoxy) is 1. The zero-order valence-corrected chi connectivity index (χ0v) is 17.6. The van der Waals surface area contributed by atoms with Crippen molar-refractivity contribution < 1.29 is 13.2 Å². The molecule has 0 saturated carbocycles. The third kappa shape index (κ3) is 4.92. The third-order valence-corrected chi connectivity index (χ3v) is 5.60. The van der Waals surface area contributed by atoms with Gasteiger partial charge in [-0.3, -0.25) is 9.67 Å². The summed E-state index contributed by atoms with van der Waals surface area (Å²) in [5, 5.41) is 13.1. The lowest BCUT2D eigenvalue weighted by Crippen LogP contribution is -2.12. The normalized spacial score (nSPS) is 11.5. The number of aryl methyl sites for hydroxylation is 1. The third-order valence-electron chi connectivity index (χ3n) is 3.86. The summed E-state index contributed by atoms with van der Waals surface area (Å²) < 4.78 is 30.6. The van der Waals surface area contributed by atoms with Crippen LogP contribution in [0.3, 0.4) is 0 Å². The van der Waals surface area contributed by atoms with Gasteiger partial charge in [0.15, 0.2) is 4.77 Å². The molecule has 1 heterocycles. The first-order chi connectivity index (χ1) is 13.3. The Kier molecular flexibility index (Phi) is 6.41. The van der Waals surface area contributed by atoms with Crippen molar-refractivity contribution in [3.05, 3.63) is 63.1 Å². The Morgan fingerprint density at radius 2 is 1.89 bits per heavy atom. The van der Waals surface area contributed by atoms with Gasteiger partial charge in [0.2, 0.25) is 10.0 Å². The van der Waals surface area contributed by atoms with E-state index in [1.165, 1.54) is 12.1 Å². The summed E-state index contributed by atoms with van der Waals surface area (Å²) >= 11 is 17.2. The number of aromatic amines is 1. The van der Waals surface area contributed by atoms with E-state index in [1.807, 2.05) is 0 Å². The average Bonchev–Trinajstić information content (AvgIpc) is 3.00. The Morgan fingerprint density at radius 1 is 1.18 bits per heavy atom. The monoisotopic (exact) mass is 458 g/mol. The van der Waals surface area contributed by atoms with E-state index in [-0.39, 0.29) is 4.90 Å². The number of nitrogens with zero attached hydrogens (tertiary/aromatic N) is 2. The molecule has 0 aliphatic carbocycles. The van der Waals surface area contributed by atoms with E-state index >= 15 is 0 Å². The van der Waals surface area contributed by atoms with E-state index in [9.17, 15) is 8.42 Å². The van der Waals surface area contributed by atoms with Crippen LogP contribution in [-0.4, -0.2) is 29.8 Å². The van der Waals surface area contributed by atoms with Gasteiger partial charge in [-0.05, 0) is 61.1 Å². The molecule has 0 bridgehead atoms. The van der Waals surface area contributed by atoms with Crippen LogP contribution in [-0.2, 0) is 16.4 Å². The molecule has 3 aromatic rings. The highest BCUT2D eigenvalue weighted by atomic mass is 35.5. The van der Waals surface area contributed by atoms with E-state index in [4.69, 9.17) is 45.3 Å². The van der Waals surface area contributed by atoms with E-state index < -0.39 is 10.0 Å². The molecule has 0 aliphatic heterocycles. The number of H-pyrrole nitrogens is 1. The Morgan fingerprint density at radius 3 is 2.54 bits per heavy atom. The molecule has 148 valence electrons. The second-order valence-corrected chi connectivity index (χ2v) is 8.64. The van der Waals surface area contributed by atoms with Crippen molar-refractivity contribution in [2.45, 2.75) is 17.7 Å². The smallest absolute Gasteiger partial charge is 0.238 e. The van der Waals surface area contributed by atoms with E-state index in [1.54, 1.807) is 34.9 Å². The first kappa shape index (κ1) is 20.8. The summed E-state index contributed by atoms with van der Waals surface area (Å²) in [6.07, 6.45) is 1.24. The van der Waals surface area contributed by atoms with Crippen LogP contribution in [0.15, 0.2) is 47.4 Å². The predicted octanol–water partition coefficient (Wildman–Crippen LogP) is 3.90. The van der Waals surface area contributed by atoms with Crippen molar-refractivity contribution in [2.75, 3.05) is 6.61 Å². The lowest BCUT2D eigenvalue weighted by molar-refractivity contribution is 0.310. The van der Waals surface area contributed by atoms with Crippen molar-refractivity contribution in [3.8, 4) is 11.4 Å². The number of hydrogen-bond acceptors (Lipinski definition) is 5. The molecule has 3 rings (SSSR count). The highest BCUT2D eigenvalue weighted by Gasteiger charge is 2.11. The standard InChI is InChI=1S/C17H16Cl2N4O3S2/c18-11-3-8-15(14(19)10-11)26-9-1-2-16-21-22-17(27)23(16)12-4-6-13(7-5-12)28(20,24)25/h3-8,10H,1-2,9H2,(H,22,27)(H2,20,24,25). The van der Waals surface area contributed by atoms with Crippen LogP contribution in [0.1, 0.15) is 12.2 Å². The molecule has 3 N–H and O–H groups in total. The van der Waals surface area contributed by atoms with Crippen LogP contribution in [0, 0.1) is 4.77 Å². The van der Waals surface area contributed by atoms with E-state index in [0.717, 1.165) is 0 Å². The van der Waals surface area contributed by atoms with Gasteiger partial charge < -0.3 is 4.74 Å². The summed E-state index contributed by atoms with van der Waals surface area (Å²) in [4.78, 5) is 0.0288. The highest BCUT2D eigenvalue weighted by molar-refractivity contribution is 7.89. The molecule has 2 aromatic carbocycles. The lowest BCUT2D eigenvalue weighted by atomic mass is 10.2. The Labute approximate surface area is 177 Å². The Bertz CT molecular complexity index is 1140. The summed E-state index contributed by atoms with van der Waals surface area (Å²) in [5.74, 6) is 1.25. The first-order valence-corrected chi connectivity index (χ1v) is 10.8. The Hall–Kier alpha value is -1.91. The minimum Gasteiger partial charge on any atom is -0.492 e. The number of halogens is 2. The summed E-state index contributed by atoms with van der Waals surface area (Å²) in [5.41, 5.74) is 0.683. The van der Waals surface area contributed by atoms with Crippen molar-refractivity contribution in [1.82, 2.24) is 14.8 Å². The number of primary sulfonamides is 1. The average molecular weight is 459 g/mol. The van der Waals surface area contributed by atoms with Crippen LogP contribution < -0.4 is 9.88 Å². The second-order valence-electron chi connectivity index (χ2n) is 5.85. The largest absolute Gasteiger partial charge is 0.492 e. The van der Waals surface area contributed by atoms with Gasteiger partial charge in [-0.25, -0.2) is 13.6 Å². The van der Waals surface area contributed by atoms with E-state index in [0.29, 0.717) is 51.5 Å². The molecule has 0 amide bonds. The minimum absolute atomic E-state index is 0.0288. The van der Waals surface area contributed by atoms with Crippen LogP contribution >= 0.6 is 35.4 Å². The van der Waals surface area contributed by atoms with Gasteiger partial charge in [0, 0.05) is 17.1 Å². The second kappa shape index (κ2) is 8.62. The fourth-order valence-corrected chi connectivity index (χ4v) is 3.79. The number of benzene rings is 2. The van der Waals surface area contributed by atoms with Crippen LogP contribution in [0.25, 0.3) is 5.69 Å². The lowest BCUT2D eigenvalue weighted by Gasteiger charge is -2.09. The summed E-state index contributed by atoms with van der Waals surface area (Å²) in [7, 11) is -3.75. The van der Waals surface area contributed by atoms with Gasteiger partial charge in [-0.2, -0.15) is 5.10 Å². The van der Waals surface area contributed by atoms with Crippen LogP contribution in [0.4, 0.5) is 0 Å². The maximum absolute atomic E-state index is 11.4. The molecule has 0 radical (unpaired) electrons. The fourth-order valence-electron chi connectivity index (χ4n) is 2.55. The number of nitrogens with two attached hydrogens (primary N) is 1. The molecule has 0 atom stereocenters. The van der Waals surface area contributed by atoms with Crippen molar-refractivity contribution in [3.63, 3.8) is 0 Å². The molecule has 0 fully saturated rings. The minimum atomic E-state index is -3.75. The number of sulfonamides is 1. The molecular formula is C17H16Cl2N4O3S2. The van der Waals surface area contributed by atoms with Gasteiger partial charge in [0.25, 0.3) is 0 Å². The quantitative estimate of drug-likeness (QED) is 0.412. The molecule has 1 aromatic heterocycles. The Balaban J connectivity index is 1.68. The van der Waals surface area contributed by atoms with Gasteiger partial charge in [0.05, 0.1) is 16.5 Å². The molecule has 28 heavy (non-hydrogen) atoms. The summed E-state index contributed by atoms with van der Waals surface area (Å²) in [6, 6.07) is 11.1. The topological polar surface area (TPSA) is 103 Å². The SMILES string of the molecule is NS(=O)(=O)c1ccc(-n2c(CCCOc3ccc(Cl)cc3Cl)n[nH]c2=S)cc1. The zero-order valence-electron chi connectivity index (χ0n) is 14.4. The van der Waals surface area contributed by atoms with E-state index in [2.05, 4.69) is 10.2 Å². The molecule has 0 spiro atoms. The fraction of sp³-hybridized carbons (Fsp3) is 0.176. The van der Waals surface area contributed by atoms with Crippen molar-refractivity contribution in [2.24, 2.45) is 5.14 Å². The molecule has 0 saturated heterocycles.